The molecule has 0 aliphatic rings. The molecule has 1 aromatic rings. The molecule has 1 aromatic carbocycles. The fourth-order valence-corrected chi connectivity index (χ4v) is 1.22. The van der Waals surface area contributed by atoms with Crippen LogP contribution in [-0.4, -0.2) is 11.7 Å². The molecule has 0 unspecified atom stereocenters. The van der Waals surface area contributed by atoms with Crippen LogP contribution in [0.3, 0.4) is 0 Å². The topological polar surface area (TPSA) is 46.2 Å². The Morgan fingerprint density at radius 2 is 1.80 bits per heavy atom. The van der Waals surface area contributed by atoms with Gasteiger partial charge in [0.25, 0.3) is 0 Å². The molecule has 0 aromatic heterocycles. The molecule has 15 heavy (non-hydrogen) atoms. The second kappa shape index (κ2) is 5.45. The van der Waals surface area contributed by atoms with Crippen LogP contribution in [0.4, 0.5) is 4.39 Å². The van der Waals surface area contributed by atoms with E-state index in [1.807, 2.05) is 13.8 Å². The summed E-state index contributed by atoms with van der Waals surface area (Å²) in [5.41, 5.74) is 6.40. The molecule has 1 atom stereocenters. The minimum absolute atomic E-state index is 0. The lowest BCUT2D eigenvalue weighted by molar-refractivity contribution is 0.132. The van der Waals surface area contributed by atoms with Crippen molar-refractivity contribution in [3.8, 4) is 0 Å². The molecule has 0 fully saturated rings. The average molecular weight is 234 g/mol. The van der Waals surface area contributed by atoms with Crippen molar-refractivity contribution in [3.63, 3.8) is 0 Å². The summed E-state index contributed by atoms with van der Waals surface area (Å²) in [4.78, 5) is 0. The molecule has 0 spiro atoms. The Morgan fingerprint density at radius 1 is 1.33 bits per heavy atom. The number of nitrogens with two attached hydrogens (primary N) is 1. The van der Waals surface area contributed by atoms with Crippen molar-refractivity contribution in [2.24, 2.45) is 11.1 Å². The second-order valence-corrected chi connectivity index (χ2v) is 4.18. The summed E-state index contributed by atoms with van der Waals surface area (Å²) >= 11 is 0. The normalized spacial score (nSPS) is 13.1. The summed E-state index contributed by atoms with van der Waals surface area (Å²) in [7, 11) is 0. The van der Waals surface area contributed by atoms with Gasteiger partial charge in [0.05, 0.1) is 0 Å². The van der Waals surface area contributed by atoms with E-state index in [0.717, 1.165) is 5.56 Å². The third kappa shape index (κ3) is 3.45. The molecule has 0 bridgehead atoms. The van der Waals surface area contributed by atoms with Gasteiger partial charge in [-0.3, -0.25) is 0 Å². The fourth-order valence-electron chi connectivity index (χ4n) is 1.22. The Hall–Kier alpha value is -0.640. The van der Waals surface area contributed by atoms with Crippen LogP contribution in [0.2, 0.25) is 0 Å². The third-order valence-corrected chi connectivity index (χ3v) is 2.48. The van der Waals surface area contributed by atoms with E-state index in [1.165, 1.54) is 12.1 Å². The van der Waals surface area contributed by atoms with Crippen molar-refractivity contribution >= 4 is 12.4 Å². The predicted molar refractivity (Wildman–Crippen MR) is 61.4 cm³/mol. The molecule has 0 amide bonds. The van der Waals surface area contributed by atoms with Crippen molar-refractivity contribution in [2.75, 3.05) is 6.61 Å². The van der Waals surface area contributed by atoms with E-state index in [4.69, 9.17) is 10.8 Å². The molecule has 0 aliphatic carbocycles. The maximum Gasteiger partial charge on any atom is 0.123 e. The molecule has 0 saturated carbocycles. The van der Waals surface area contributed by atoms with E-state index in [9.17, 15) is 4.39 Å². The Labute approximate surface area is 95.7 Å². The van der Waals surface area contributed by atoms with Gasteiger partial charge in [-0.05, 0) is 17.7 Å². The number of aliphatic hydroxyl groups excluding tert-OH is 1. The molecule has 4 heteroatoms. The zero-order chi connectivity index (χ0) is 10.8. The summed E-state index contributed by atoms with van der Waals surface area (Å²) in [6, 6.07) is 5.77. The van der Waals surface area contributed by atoms with Gasteiger partial charge in [0.1, 0.15) is 5.82 Å². The van der Waals surface area contributed by atoms with E-state index in [0.29, 0.717) is 0 Å². The monoisotopic (exact) mass is 233 g/mol. The van der Waals surface area contributed by atoms with E-state index >= 15 is 0 Å². The van der Waals surface area contributed by atoms with Crippen LogP contribution < -0.4 is 5.73 Å². The lowest BCUT2D eigenvalue weighted by Gasteiger charge is -2.29. The Morgan fingerprint density at radius 3 is 2.20 bits per heavy atom. The highest BCUT2D eigenvalue weighted by Crippen LogP contribution is 2.30. The van der Waals surface area contributed by atoms with Crippen molar-refractivity contribution in [2.45, 2.75) is 19.9 Å². The minimum atomic E-state index is -0.391. The molecule has 3 N–H and O–H groups in total. The molecular formula is C11H17ClFNO. The summed E-state index contributed by atoms with van der Waals surface area (Å²) in [6.07, 6.45) is 0. The summed E-state index contributed by atoms with van der Waals surface area (Å²) in [5.74, 6) is -0.275. The van der Waals surface area contributed by atoms with E-state index in [2.05, 4.69) is 0 Å². The van der Waals surface area contributed by atoms with E-state index < -0.39 is 5.41 Å². The number of hydrogen-bond acceptors (Lipinski definition) is 2. The molecule has 86 valence electrons. The Balaban J connectivity index is 0.00000196. The summed E-state index contributed by atoms with van der Waals surface area (Å²) < 4.78 is 12.6. The largest absolute Gasteiger partial charge is 0.396 e. The van der Waals surface area contributed by atoms with Gasteiger partial charge < -0.3 is 10.8 Å². The van der Waals surface area contributed by atoms with E-state index in [1.54, 1.807) is 12.1 Å². The fraction of sp³-hybridized carbons (Fsp3) is 0.455. The van der Waals surface area contributed by atoms with Gasteiger partial charge in [-0.1, -0.05) is 26.0 Å². The van der Waals surface area contributed by atoms with Crippen LogP contribution in [0.5, 0.6) is 0 Å². The first kappa shape index (κ1) is 14.4. The van der Waals surface area contributed by atoms with Crippen molar-refractivity contribution in [1.82, 2.24) is 0 Å². The van der Waals surface area contributed by atoms with Crippen LogP contribution in [-0.2, 0) is 0 Å². The Kier molecular flexibility index (Phi) is 5.21. The van der Waals surface area contributed by atoms with Crippen molar-refractivity contribution in [1.29, 1.82) is 0 Å². The van der Waals surface area contributed by atoms with Crippen LogP contribution in [0.1, 0.15) is 25.5 Å². The van der Waals surface area contributed by atoms with Gasteiger partial charge in [0, 0.05) is 18.1 Å². The molecule has 2 nitrogen and oxygen atoms in total. The highest BCUT2D eigenvalue weighted by atomic mass is 35.5. The van der Waals surface area contributed by atoms with Gasteiger partial charge in [0.2, 0.25) is 0 Å². The first-order chi connectivity index (χ1) is 6.47. The standard InChI is InChI=1S/C11H16FNO.ClH/c1-11(2,7-14)10(13)8-3-5-9(12)6-4-8;/h3-6,10,14H,7,13H2,1-2H3;1H/t10-;/m0./s1. The first-order valence-electron chi connectivity index (χ1n) is 4.59. The van der Waals surface area contributed by atoms with E-state index in [-0.39, 0.29) is 30.9 Å². The molecule has 1 rings (SSSR count). The lowest BCUT2D eigenvalue weighted by Crippen LogP contribution is -2.32. The third-order valence-electron chi connectivity index (χ3n) is 2.48. The van der Waals surface area contributed by atoms with Crippen molar-refractivity contribution in [3.05, 3.63) is 35.6 Å². The van der Waals surface area contributed by atoms with Gasteiger partial charge in [-0.2, -0.15) is 0 Å². The number of rotatable bonds is 3. The number of benzene rings is 1. The van der Waals surface area contributed by atoms with Gasteiger partial charge >= 0.3 is 0 Å². The predicted octanol–water partition coefficient (Wildman–Crippen LogP) is 2.27. The zero-order valence-corrected chi connectivity index (χ0v) is 9.72. The molecular weight excluding hydrogens is 217 g/mol. The Bertz CT molecular complexity index is 300. The second-order valence-electron chi connectivity index (χ2n) is 4.18. The molecule has 0 heterocycles. The summed E-state index contributed by atoms with van der Waals surface area (Å²) in [5, 5.41) is 9.13. The number of aliphatic hydroxyl groups is 1. The maximum atomic E-state index is 12.6. The van der Waals surface area contributed by atoms with Crippen molar-refractivity contribution < 1.29 is 9.50 Å². The highest BCUT2D eigenvalue weighted by Gasteiger charge is 2.26. The maximum absolute atomic E-state index is 12.6. The number of halogens is 2. The summed E-state index contributed by atoms with van der Waals surface area (Å²) in [6.45, 7) is 3.76. The van der Waals surface area contributed by atoms with Gasteiger partial charge in [0.15, 0.2) is 0 Å². The van der Waals surface area contributed by atoms with Gasteiger partial charge in [-0.25, -0.2) is 4.39 Å². The molecule has 0 radical (unpaired) electrons. The van der Waals surface area contributed by atoms with Gasteiger partial charge in [-0.15, -0.1) is 12.4 Å². The lowest BCUT2D eigenvalue weighted by atomic mass is 9.82. The quantitative estimate of drug-likeness (QED) is 0.841. The SMILES string of the molecule is CC(C)(CO)[C@@H](N)c1ccc(F)cc1.Cl. The highest BCUT2D eigenvalue weighted by molar-refractivity contribution is 5.85. The first-order valence-corrected chi connectivity index (χ1v) is 4.59. The van der Waals surface area contributed by atoms with Crippen LogP contribution in [0.15, 0.2) is 24.3 Å². The number of hydrogen-bond donors (Lipinski definition) is 2. The van der Waals surface area contributed by atoms with Crippen LogP contribution in [0, 0.1) is 11.2 Å². The molecule has 0 saturated heterocycles. The average Bonchev–Trinajstić information content (AvgIpc) is 2.18. The van der Waals surface area contributed by atoms with Crippen LogP contribution in [0.25, 0.3) is 0 Å². The molecule has 0 aliphatic heterocycles. The smallest absolute Gasteiger partial charge is 0.123 e. The zero-order valence-electron chi connectivity index (χ0n) is 8.90. The van der Waals surface area contributed by atoms with Crippen LogP contribution >= 0.6 is 12.4 Å². The minimum Gasteiger partial charge on any atom is -0.396 e.